The Bertz CT molecular complexity index is 381. The van der Waals surface area contributed by atoms with Crippen LogP contribution in [0.2, 0.25) is 0 Å². The molecule has 0 aromatic heterocycles. The van der Waals surface area contributed by atoms with Crippen LogP contribution in [0.15, 0.2) is 24.3 Å². The number of para-hydroxylation sites is 1. The standard InChI is InChI=1S/C16H26N2O/c17-10-9-14-13-18(11-5-1-2-6-12-19)16-8-4-3-7-15(14)16/h3-4,7-8,14,19H,1-2,5-6,9-13,17H2. The second-order valence-electron chi connectivity index (χ2n) is 5.42. The second-order valence-corrected chi connectivity index (χ2v) is 5.42. The number of nitrogens with two attached hydrogens (primary N) is 1. The van der Waals surface area contributed by atoms with Gasteiger partial charge in [-0.3, -0.25) is 0 Å². The molecule has 0 bridgehead atoms. The zero-order chi connectivity index (χ0) is 13.5. The summed E-state index contributed by atoms with van der Waals surface area (Å²) in [5.74, 6) is 0.610. The second kappa shape index (κ2) is 7.51. The zero-order valence-electron chi connectivity index (χ0n) is 11.7. The third kappa shape index (κ3) is 3.71. The highest BCUT2D eigenvalue weighted by atomic mass is 16.2. The van der Waals surface area contributed by atoms with Gasteiger partial charge in [-0.15, -0.1) is 0 Å². The lowest BCUT2D eigenvalue weighted by Gasteiger charge is -2.19. The van der Waals surface area contributed by atoms with E-state index in [1.807, 2.05) is 0 Å². The molecule has 1 aromatic carbocycles. The minimum atomic E-state index is 0.325. The Labute approximate surface area is 116 Å². The van der Waals surface area contributed by atoms with Crippen LogP contribution in [-0.4, -0.2) is 31.3 Å². The van der Waals surface area contributed by atoms with Gasteiger partial charge in [0.25, 0.3) is 0 Å². The van der Waals surface area contributed by atoms with E-state index in [1.54, 1.807) is 0 Å². The first-order valence-electron chi connectivity index (χ1n) is 7.51. The van der Waals surface area contributed by atoms with E-state index >= 15 is 0 Å². The highest BCUT2D eigenvalue weighted by Gasteiger charge is 2.26. The lowest BCUT2D eigenvalue weighted by molar-refractivity contribution is 0.282. The lowest BCUT2D eigenvalue weighted by Crippen LogP contribution is -2.23. The molecule has 0 aliphatic carbocycles. The number of anilines is 1. The number of rotatable bonds is 8. The highest BCUT2D eigenvalue weighted by Crippen LogP contribution is 2.37. The molecule has 0 fully saturated rings. The van der Waals surface area contributed by atoms with E-state index < -0.39 is 0 Å². The third-order valence-electron chi connectivity index (χ3n) is 4.01. The van der Waals surface area contributed by atoms with Gasteiger partial charge in [-0.1, -0.05) is 31.0 Å². The predicted octanol–water partition coefficient (Wildman–Crippen LogP) is 2.49. The average molecular weight is 262 g/mol. The van der Waals surface area contributed by atoms with Crippen LogP contribution in [0.4, 0.5) is 5.69 Å². The Kier molecular flexibility index (Phi) is 5.67. The summed E-state index contributed by atoms with van der Waals surface area (Å²) in [5, 5.41) is 8.78. The Hall–Kier alpha value is -1.06. The summed E-state index contributed by atoms with van der Waals surface area (Å²) in [6.45, 7) is 3.34. The van der Waals surface area contributed by atoms with Crippen LogP contribution in [0.25, 0.3) is 0 Å². The minimum absolute atomic E-state index is 0.325. The van der Waals surface area contributed by atoms with Crippen molar-refractivity contribution < 1.29 is 5.11 Å². The van der Waals surface area contributed by atoms with Crippen LogP contribution < -0.4 is 10.6 Å². The maximum absolute atomic E-state index is 8.78. The van der Waals surface area contributed by atoms with E-state index in [0.29, 0.717) is 12.5 Å². The molecular formula is C16H26N2O. The summed E-state index contributed by atoms with van der Waals surface area (Å²) < 4.78 is 0. The van der Waals surface area contributed by atoms with Gasteiger partial charge in [0, 0.05) is 31.3 Å². The molecule has 0 amide bonds. The van der Waals surface area contributed by atoms with Crippen LogP contribution in [0.5, 0.6) is 0 Å². The first kappa shape index (κ1) is 14.4. The van der Waals surface area contributed by atoms with Crippen LogP contribution in [0.3, 0.4) is 0 Å². The van der Waals surface area contributed by atoms with Gasteiger partial charge in [0.15, 0.2) is 0 Å². The Morgan fingerprint density at radius 1 is 1.16 bits per heavy atom. The monoisotopic (exact) mass is 262 g/mol. The SMILES string of the molecule is NCCC1CN(CCCCCCO)c2ccccc21. The van der Waals surface area contributed by atoms with E-state index in [-0.39, 0.29) is 0 Å². The maximum Gasteiger partial charge on any atom is 0.0431 e. The molecule has 1 unspecified atom stereocenters. The van der Waals surface area contributed by atoms with Crippen molar-refractivity contribution in [1.82, 2.24) is 0 Å². The Morgan fingerprint density at radius 2 is 1.95 bits per heavy atom. The minimum Gasteiger partial charge on any atom is -0.396 e. The predicted molar refractivity (Wildman–Crippen MR) is 80.6 cm³/mol. The van der Waals surface area contributed by atoms with Crippen molar-refractivity contribution in [3.8, 4) is 0 Å². The quantitative estimate of drug-likeness (QED) is 0.708. The molecule has 1 aromatic rings. The number of aliphatic hydroxyl groups excluding tert-OH is 1. The number of nitrogens with zero attached hydrogens (tertiary/aromatic N) is 1. The number of fused-ring (bicyclic) bond motifs is 1. The molecule has 3 nitrogen and oxygen atoms in total. The molecule has 106 valence electrons. The van der Waals surface area contributed by atoms with Gasteiger partial charge < -0.3 is 15.7 Å². The molecule has 1 heterocycles. The van der Waals surface area contributed by atoms with E-state index in [0.717, 1.165) is 38.9 Å². The summed E-state index contributed by atoms with van der Waals surface area (Å²) in [6.07, 6.45) is 5.58. The molecule has 3 heteroatoms. The molecule has 1 aliphatic rings. The first-order valence-corrected chi connectivity index (χ1v) is 7.51. The van der Waals surface area contributed by atoms with Gasteiger partial charge in [-0.05, 0) is 37.4 Å². The van der Waals surface area contributed by atoms with Crippen molar-refractivity contribution in [3.05, 3.63) is 29.8 Å². The molecule has 0 spiro atoms. The molecular weight excluding hydrogens is 236 g/mol. The van der Waals surface area contributed by atoms with Crippen LogP contribution in [-0.2, 0) is 0 Å². The number of aliphatic hydroxyl groups is 1. The van der Waals surface area contributed by atoms with Gasteiger partial charge >= 0.3 is 0 Å². The maximum atomic E-state index is 8.78. The molecule has 2 rings (SSSR count). The first-order chi connectivity index (χ1) is 9.36. The molecule has 3 N–H and O–H groups in total. The summed E-state index contributed by atoms with van der Waals surface area (Å²) in [6, 6.07) is 8.75. The van der Waals surface area contributed by atoms with E-state index in [1.165, 1.54) is 24.1 Å². The van der Waals surface area contributed by atoms with Crippen molar-refractivity contribution >= 4 is 5.69 Å². The fraction of sp³-hybridized carbons (Fsp3) is 0.625. The molecule has 1 atom stereocenters. The van der Waals surface area contributed by atoms with Crippen LogP contribution >= 0.6 is 0 Å². The van der Waals surface area contributed by atoms with E-state index in [4.69, 9.17) is 10.8 Å². The number of hydrogen-bond acceptors (Lipinski definition) is 3. The zero-order valence-corrected chi connectivity index (χ0v) is 11.7. The fourth-order valence-electron chi connectivity index (χ4n) is 3.01. The summed E-state index contributed by atoms with van der Waals surface area (Å²) >= 11 is 0. The van der Waals surface area contributed by atoms with Crippen molar-refractivity contribution in [2.24, 2.45) is 5.73 Å². The van der Waals surface area contributed by atoms with Gasteiger partial charge in [0.05, 0.1) is 0 Å². The Balaban J connectivity index is 1.88. The largest absolute Gasteiger partial charge is 0.396 e. The van der Waals surface area contributed by atoms with Crippen LogP contribution in [0.1, 0.15) is 43.6 Å². The van der Waals surface area contributed by atoms with Gasteiger partial charge in [-0.25, -0.2) is 0 Å². The molecule has 0 saturated heterocycles. The lowest BCUT2D eigenvalue weighted by atomic mass is 9.98. The highest BCUT2D eigenvalue weighted by molar-refractivity contribution is 5.60. The number of unbranched alkanes of at least 4 members (excludes halogenated alkanes) is 3. The summed E-state index contributed by atoms with van der Waals surface area (Å²) in [7, 11) is 0. The number of benzene rings is 1. The average Bonchev–Trinajstić information content (AvgIpc) is 2.78. The molecule has 0 saturated carbocycles. The topological polar surface area (TPSA) is 49.5 Å². The van der Waals surface area contributed by atoms with Gasteiger partial charge in [0.1, 0.15) is 0 Å². The number of hydrogen-bond donors (Lipinski definition) is 2. The van der Waals surface area contributed by atoms with E-state index in [9.17, 15) is 0 Å². The van der Waals surface area contributed by atoms with Gasteiger partial charge in [0.2, 0.25) is 0 Å². The molecule has 0 radical (unpaired) electrons. The van der Waals surface area contributed by atoms with E-state index in [2.05, 4.69) is 29.2 Å². The van der Waals surface area contributed by atoms with Crippen molar-refractivity contribution in [2.75, 3.05) is 31.1 Å². The fourth-order valence-corrected chi connectivity index (χ4v) is 3.01. The van der Waals surface area contributed by atoms with Crippen molar-refractivity contribution in [3.63, 3.8) is 0 Å². The normalized spacial score (nSPS) is 17.8. The summed E-state index contributed by atoms with van der Waals surface area (Å²) in [4.78, 5) is 2.51. The molecule has 19 heavy (non-hydrogen) atoms. The third-order valence-corrected chi connectivity index (χ3v) is 4.01. The summed E-state index contributed by atoms with van der Waals surface area (Å²) in [5.41, 5.74) is 8.60. The Morgan fingerprint density at radius 3 is 2.74 bits per heavy atom. The smallest absolute Gasteiger partial charge is 0.0431 e. The van der Waals surface area contributed by atoms with Gasteiger partial charge in [-0.2, -0.15) is 0 Å². The molecule has 1 aliphatic heterocycles. The van der Waals surface area contributed by atoms with Crippen molar-refractivity contribution in [1.29, 1.82) is 0 Å². The van der Waals surface area contributed by atoms with Crippen molar-refractivity contribution in [2.45, 2.75) is 38.0 Å². The van der Waals surface area contributed by atoms with Crippen LogP contribution in [0, 0.1) is 0 Å².